The summed E-state index contributed by atoms with van der Waals surface area (Å²) in [5, 5.41) is 12.2. The number of carboxylic acid groups (broad SMARTS) is 1. The molecule has 0 radical (unpaired) electrons. The maximum Gasteiger partial charge on any atom is 0.356 e. The summed E-state index contributed by atoms with van der Waals surface area (Å²) in [6.07, 6.45) is 3.63. The molecule has 0 aromatic carbocycles. The van der Waals surface area contributed by atoms with Crippen molar-refractivity contribution in [2.75, 3.05) is 13.6 Å². The van der Waals surface area contributed by atoms with E-state index in [1.54, 1.807) is 0 Å². The summed E-state index contributed by atoms with van der Waals surface area (Å²) in [6, 6.07) is 3.72. The molecular formula is C13H17N3O2. The van der Waals surface area contributed by atoms with E-state index in [1.165, 1.54) is 0 Å². The normalized spacial score (nSPS) is 11.0. The Hall–Kier alpha value is -1.88. The minimum Gasteiger partial charge on any atom is -0.476 e. The van der Waals surface area contributed by atoms with Gasteiger partial charge in [0, 0.05) is 12.6 Å². The van der Waals surface area contributed by atoms with Crippen LogP contribution in [0.1, 0.15) is 28.3 Å². The lowest BCUT2D eigenvalue weighted by atomic mass is 10.2. The van der Waals surface area contributed by atoms with Gasteiger partial charge in [0.25, 0.3) is 0 Å². The molecule has 0 spiro atoms. The number of hydrogen-bond acceptors (Lipinski definition) is 3. The fraction of sp³-hybridized carbons (Fsp3) is 0.385. The van der Waals surface area contributed by atoms with Crippen LogP contribution in [-0.2, 0) is 6.42 Å². The highest BCUT2D eigenvalue weighted by Crippen LogP contribution is 2.15. The van der Waals surface area contributed by atoms with Crippen molar-refractivity contribution in [1.82, 2.24) is 14.7 Å². The summed E-state index contributed by atoms with van der Waals surface area (Å²) in [5.74, 6) is -0.169. The van der Waals surface area contributed by atoms with Gasteiger partial charge in [-0.25, -0.2) is 9.78 Å². The Kier molecular flexibility index (Phi) is 3.62. The third kappa shape index (κ3) is 2.36. The lowest BCUT2D eigenvalue weighted by molar-refractivity contribution is 0.0693. The Balaban J connectivity index is 2.44. The van der Waals surface area contributed by atoms with Gasteiger partial charge >= 0.3 is 5.97 Å². The minimum absolute atomic E-state index is 0.134. The van der Waals surface area contributed by atoms with Crippen molar-refractivity contribution in [2.24, 2.45) is 0 Å². The number of pyridine rings is 1. The van der Waals surface area contributed by atoms with Gasteiger partial charge in [0.15, 0.2) is 5.69 Å². The summed E-state index contributed by atoms with van der Waals surface area (Å²) in [5.41, 5.74) is 1.88. The summed E-state index contributed by atoms with van der Waals surface area (Å²) in [4.78, 5) is 15.4. The van der Waals surface area contributed by atoms with Crippen molar-refractivity contribution in [3.05, 3.63) is 35.4 Å². The number of imidazole rings is 1. The van der Waals surface area contributed by atoms with E-state index in [1.807, 2.05) is 36.7 Å². The quantitative estimate of drug-likeness (QED) is 0.786. The number of hydrogen-bond donors (Lipinski definition) is 2. The number of fused-ring (bicyclic) bond motifs is 1. The first-order valence-corrected chi connectivity index (χ1v) is 5.99. The summed E-state index contributed by atoms with van der Waals surface area (Å²) >= 11 is 0. The molecule has 0 amide bonds. The molecule has 2 rings (SSSR count). The predicted molar refractivity (Wildman–Crippen MR) is 69.1 cm³/mol. The minimum atomic E-state index is -0.976. The predicted octanol–water partition coefficient (Wildman–Crippen LogP) is 1.49. The zero-order chi connectivity index (χ0) is 13.1. The van der Waals surface area contributed by atoms with E-state index in [2.05, 4.69) is 10.3 Å². The van der Waals surface area contributed by atoms with Gasteiger partial charge in [0.05, 0.1) is 5.52 Å². The van der Waals surface area contributed by atoms with Crippen molar-refractivity contribution in [3.63, 3.8) is 0 Å². The molecule has 0 saturated carbocycles. The van der Waals surface area contributed by atoms with E-state index < -0.39 is 5.97 Å². The number of nitrogens with zero attached hydrogens (tertiary/aromatic N) is 2. The van der Waals surface area contributed by atoms with Crippen molar-refractivity contribution < 1.29 is 9.90 Å². The molecular weight excluding hydrogens is 230 g/mol. The molecule has 5 heteroatoms. The molecule has 0 fully saturated rings. The lowest BCUT2D eigenvalue weighted by Gasteiger charge is -2.02. The van der Waals surface area contributed by atoms with Crippen LogP contribution in [0, 0.1) is 6.92 Å². The third-order valence-corrected chi connectivity index (χ3v) is 2.89. The standard InChI is InChI=1S/C13H17N3O2/c1-9-5-6-10-12(13(17)18)15-11(16(10)8-9)4-3-7-14-2/h5-6,8,14H,3-4,7H2,1-2H3,(H,17,18). The molecule has 2 aromatic rings. The molecule has 0 aliphatic carbocycles. The van der Waals surface area contributed by atoms with Crippen molar-refractivity contribution >= 4 is 11.5 Å². The highest BCUT2D eigenvalue weighted by molar-refractivity contribution is 5.93. The molecule has 18 heavy (non-hydrogen) atoms. The number of carbonyl (C=O) groups is 1. The second-order valence-electron chi connectivity index (χ2n) is 4.35. The lowest BCUT2D eigenvalue weighted by Crippen LogP contribution is -2.09. The highest BCUT2D eigenvalue weighted by atomic mass is 16.4. The van der Waals surface area contributed by atoms with Crippen LogP contribution in [-0.4, -0.2) is 34.1 Å². The van der Waals surface area contributed by atoms with Crippen LogP contribution >= 0.6 is 0 Å². The SMILES string of the molecule is CNCCCc1nc(C(=O)O)c2ccc(C)cn12. The number of aromatic nitrogens is 2. The summed E-state index contributed by atoms with van der Waals surface area (Å²) < 4.78 is 1.88. The van der Waals surface area contributed by atoms with Gasteiger partial charge in [0.2, 0.25) is 0 Å². The van der Waals surface area contributed by atoms with Gasteiger partial charge in [-0.3, -0.25) is 0 Å². The maximum absolute atomic E-state index is 11.2. The Bertz CT molecular complexity index is 575. The summed E-state index contributed by atoms with van der Waals surface area (Å²) in [6.45, 7) is 2.88. The molecule has 2 heterocycles. The van der Waals surface area contributed by atoms with E-state index >= 15 is 0 Å². The molecule has 0 aliphatic rings. The fourth-order valence-electron chi connectivity index (χ4n) is 2.01. The van der Waals surface area contributed by atoms with Gasteiger partial charge in [-0.05, 0) is 38.6 Å². The van der Waals surface area contributed by atoms with Gasteiger partial charge in [0.1, 0.15) is 5.82 Å². The van der Waals surface area contributed by atoms with E-state index in [-0.39, 0.29) is 5.69 Å². The van der Waals surface area contributed by atoms with Crippen LogP contribution in [0.4, 0.5) is 0 Å². The number of rotatable bonds is 5. The summed E-state index contributed by atoms with van der Waals surface area (Å²) in [7, 11) is 1.90. The molecule has 96 valence electrons. The molecule has 5 nitrogen and oxygen atoms in total. The van der Waals surface area contributed by atoms with Crippen molar-refractivity contribution in [2.45, 2.75) is 19.8 Å². The Morgan fingerprint density at radius 1 is 1.50 bits per heavy atom. The molecule has 0 aliphatic heterocycles. The average Bonchev–Trinajstić information content (AvgIpc) is 2.68. The third-order valence-electron chi connectivity index (χ3n) is 2.89. The second-order valence-corrected chi connectivity index (χ2v) is 4.35. The van der Waals surface area contributed by atoms with Crippen LogP contribution < -0.4 is 5.32 Å². The van der Waals surface area contributed by atoms with E-state index in [9.17, 15) is 4.79 Å². The number of aromatic carboxylic acids is 1. The van der Waals surface area contributed by atoms with Crippen molar-refractivity contribution in [3.8, 4) is 0 Å². The van der Waals surface area contributed by atoms with Crippen LogP contribution in [0.3, 0.4) is 0 Å². The zero-order valence-electron chi connectivity index (χ0n) is 10.6. The Labute approximate surface area is 105 Å². The van der Waals surface area contributed by atoms with Crippen molar-refractivity contribution in [1.29, 1.82) is 0 Å². The Morgan fingerprint density at radius 2 is 2.28 bits per heavy atom. The number of carboxylic acids is 1. The Morgan fingerprint density at radius 3 is 2.94 bits per heavy atom. The first kappa shape index (κ1) is 12.6. The highest BCUT2D eigenvalue weighted by Gasteiger charge is 2.16. The fourth-order valence-corrected chi connectivity index (χ4v) is 2.01. The molecule has 2 aromatic heterocycles. The molecule has 0 unspecified atom stereocenters. The monoisotopic (exact) mass is 247 g/mol. The first-order valence-electron chi connectivity index (χ1n) is 5.99. The van der Waals surface area contributed by atoms with E-state index in [0.717, 1.165) is 30.8 Å². The first-order chi connectivity index (χ1) is 8.63. The van der Waals surface area contributed by atoms with E-state index in [4.69, 9.17) is 5.11 Å². The van der Waals surface area contributed by atoms with Crippen LogP contribution in [0.5, 0.6) is 0 Å². The van der Waals surface area contributed by atoms with Gasteiger partial charge in [-0.1, -0.05) is 6.07 Å². The van der Waals surface area contributed by atoms with Gasteiger partial charge < -0.3 is 14.8 Å². The number of nitrogens with one attached hydrogen (secondary N) is 1. The van der Waals surface area contributed by atoms with E-state index in [0.29, 0.717) is 5.52 Å². The van der Waals surface area contributed by atoms with Gasteiger partial charge in [-0.15, -0.1) is 0 Å². The topological polar surface area (TPSA) is 66.6 Å². The van der Waals surface area contributed by atoms with Crippen LogP contribution in [0.25, 0.3) is 5.52 Å². The zero-order valence-corrected chi connectivity index (χ0v) is 10.6. The van der Waals surface area contributed by atoms with Crippen LogP contribution in [0.15, 0.2) is 18.3 Å². The van der Waals surface area contributed by atoms with Crippen LogP contribution in [0.2, 0.25) is 0 Å². The molecule has 0 saturated heterocycles. The average molecular weight is 247 g/mol. The van der Waals surface area contributed by atoms with Gasteiger partial charge in [-0.2, -0.15) is 0 Å². The molecule has 0 bridgehead atoms. The number of aryl methyl sites for hydroxylation is 2. The largest absolute Gasteiger partial charge is 0.476 e. The smallest absolute Gasteiger partial charge is 0.356 e. The molecule has 2 N–H and O–H groups in total. The second kappa shape index (κ2) is 5.18. The molecule has 0 atom stereocenters. The maximum atomic E-state index is 11.2.